The van der Waals surface area contributed by atoms with Crippen molar-refractivity contribution in [2.75, 3.05) is 73.1 Å². The van der Waals surface area contributed by atoms with Crippen molar-refractivity contribution in [2.24, 2.45) is 0 Å². The third-order valence-corrected chi connectivity index (χ3v) is 4.41. The highest BCUT2D eigenvalue weighted by molar-refractivity contribution is 5.77. The van der Waals surface area contributed by atoms with Gasteiger partial charge in [-0.1, -0.05) is 0 Å². The van der Waals surface area contributed by atoms with Crippen molar-refractivity contribution in [3.8, 4) is 0 Å². The average molecular weight is 298 g/mol. The minimum absolute atomic E-state index is 0.203. The van der Waals surface area contributed by atoms with Crippen LogP contribution in [-0.2, 0) is 9.53 Å². The van der Waals surface area contributed by atoms with Crippen molar-refractivity contribution in [2.45, 2.75) is 18.9 Å². The number of ether oxygens (including phenoxy) is 1. The van der Waals surface area contributed by atoms with Gasteiger partial charge in [0.05, 0.1) is 19.8 Å². The quantitative estimate of drug-likeness (QED) is 0.714. The summed E-state index contributed by atoms with van der Waals surface area (Å²) in [4.78, 5) is 18.1. The van der Waals surface area contributed by atoms with Gasteiger partial charge in [0.1, 0.15) is 0 Å². The first kappa shape index (κ1) is 16.7. The number of nitrogens with one attached hydrogen (secondary N) is 1. The number of hydrogen-bond donors (Lipinski definition) is 1. The fourth-order valence-electron chi connectivity index (χ4n) is 2.88. The predicted molar refractivity (Wildman–Crippen MR) is 83.4 cm³/mol. The molecule has 0 saturated carbocycles. The second-order valence-electron chi connectivity index (χ2n) is 6.25. The Morgan fingerprint density at radius 3 is 2.43 bits per heavy atom. The molecule has 2 rings (SSSR count). The van der Waals surface area contributed by atoms with Gasteiger partial charge < -0.3 is 15.0 Å². The summed E-state index contributed by atoms with van der Waals surface area (Å²) < 4.78 is 5.36. The second-order valence-corrected chi connectivity index (χ2v) is 6.25. The van der Waals surface area contributed by atoms with Crippen LogP contribution < -0.4 is 5.32 Å². The van der Waals surface area contributed by atoms with E-state index in [1.165, 1.54) is 0 Å². The monoisotopic (exact) mass is 298 g/mol. The Labute approximate surface area is 128 Å². The first-order chi connectivity index (χ1) is 10.1. The van der Waals surface area contributed by atoms with E-state index in [0.29, 0.717) is 12.6 Å². The van der Waals surface area contributed by atoms with Crippen LogP contribution in [0.4, 0.5) is 0 Å². The van der Waals surface area contributed by atoms with E-state index >= 15 is 0 Å². The molecule has 0 spiro atoms. The SMILES string of the molecule is CN(C)C(=O)CN1CCC(NCCN2CCOCC2)CC1. The first-order valence-corrected chi connectivity index (χ1v) is 8.11. The topological polar surface area (TPSA) is 48.1 Å². The van der Waals surface area contributed by atoms with Gasteiger partial charge in [0.2, 0.25) is 5.91 Å². The van der Waals surface area contributed by atoms with Crippen molar-refractivity contribution in [1.82, 2.24) is 20.0 Å². The summed E-state index contributed by atoms with van der Waals surface area (Å²) in [7, 11) is 3.64. The molecule has 0 atom stereocenters. The Bertz CT molecular complexity index is 311. The van der Waals surface area contributed by atoms with Crippen LogP contribution in [0.15, 0.2) is 0 Å². The molecule has 2 heterocycles. The molecule has 1 amide bonds. The highest BCUT2D eigenvalue weighted by Gasteiger charge is 2.21. The molecular formula is C15H30N4O2. The smallest absolute Gasteiger partial charge is 0.236 e. The predicted octanol–water partition coefficient (Wildman–Crippen LogP) is -0.539. The van der Waals surface area contributed by atoms with Gasteiger partial charge in [-0.05, 0) is 12.8 Å². The number of piperidine rings is 1. The van der Waals surface area contributed by atoms with Crippen LogP contribution in [0.3, 0.4) is 0 Å². The fourth-order valence-corrected chi connectivity index (χ4v) is 2.88. The molecule has 0 radical (unpaired) electrons. The molecule has 6 nitrogen and oxygen atoms in total. The zero-order valence-electron chi connectivity index (χ0n) is 13.5. The van der Waals surface area contributed by atoms with Gasteiger partial charge in [-0.3, -0.25) is 14.6 Å². The van der Waals surface area contributed by atoms with Gasteiger partial charge in [-0.2, -0.15) is 0 Å². The number of hydrogen-bond acceptors (Lipinski definition) is 5. The van der Waals surface area contributed by atoms with E-state index in [1.807, 2.05) is 14.1 Å². The Kier molecular flexibility index (Phi) is 6.89. The van der Waals surface area contributed by atoms with Crippen LogP contribution >= 0.6 is 0 Å². The number of carbonyl (C=O) groups is 1. The van der Waals surface area contributed by atoms with Crippen molar-refractivity contribution in [1.29, 1.82) is 0 Å². The van der Waals surface area contributed by atoms with Gasteiger partial charge in [-0.15, -0.1) is 0 Å². The molecule has 0 aliphatic carbocycles. The van der Waals surface area contributed by atoms with Crippen molar-refractivity contribution < 1.29 is 9.53 Å². The maximum Gasteiger partial charge on any atom is 0.236 e. The summed E-state index contributed by atoms with van der Waals surface area (Å²) in [5.74, 6) is 0.203. The number of likely N-dealkylation sites (tertiary alicyclic amines) is 1. The molecule has 0 aromatic heterocycles. The number of likely N-dealkylation sites (N-methyl/N-ethyl adjacent to an activating group) is 1. The van der Waals surface area contributed by atoms with Crippen molar-refractivity contribution >= 4 is 5.91 Å². The summed E-state index contributed by atoms with van der Waals surface area (Å²) in [6.07, 6.45) is 2.29. The van der Waals surface area contributed by atoms with Crippen LogP contribution in [-0.4, -0.2) is 99.8 Å². The Morgan fingerprint density at radius 2 is 1.81 bits per heavy atom. The first-order valence-electron chi connectivity index (χ1n) is 8.11. The molecule has 0 unspecified atom stereocenters. The van der Waals surface area contributed by atoms with Gasteiger partial charge in [0.15, 0.2) is 0 Å². The maximum absolute atomic E-state index is 11.7. The largest absolute Gasteiger partial charge is 0.379 e. The van der Waals surface area contributed by atoms with E-state index in [0.717, 1.165) is 65.3 Å². The van der Waals surface area contributed by atoms with E-state index < -0.39 is 0 Å². The van der Waals surface area contributed by atoms with Crippen LogP contribution in [0.5, 0.6) is 0 Å². The molecule has 2 aliphatic rings. The minimum Gasteiger partial charge on any atom is -0.379 e. The van der Waals surface area contributed by atoms with Crippen LogP contribution in [0, 0.1) is 0 Å². The molecule has 2 fully saturated rings. The standard InChI is InChI=1S/C15H30N4O2/c1-17(2)15(20)13-19-6-3-14(4-7-19)16-5-8-18-9-11-21-12-10-18/h14,16H,3-13H2,1-2H3. The summed E-state index contributed by atoms with van der Waals surface area (Å²) in [6.45, 7) is 8.65. The Balaban J connectivity index is 1.55. The van der Waals surface area contributed by atoms with E-state index in [-0.39, 0.29) is 5.91 Å². The number of amides is 1. The van der Waals surface area contributed by atoms with E-state index in [9.17, 15) is 4.79 Å². The lowest BCUT2D eigenvalue weighted by atomic mass is 10.1. The highest BCUT2D eigenvalue weighted by atomic mass is 16.5. The normalized spacial score (nSPS) is 22.4. The molecule has 0 bridgehead atoms. The minimum atomic E-state index is 0.203. The molecule has 1 N–H and O–H groups in total. The third-order valence-electron chi connectivity index (χ3n) is 4.41. The van der Waals surface area contributed by atoms with Crippen LogP contribution in [0.2, 0.25) is 0 Å². The number of nitrogens with zero attached hydrogens (tertiary/aromatic N) is 3. The lowest BCUT2D eigenvalue weighted by molar-refractivity contribution is -0.130. The molecule has 2 aliphatic heterocycles. The molecule has 2 saturated heterocycles. The fraction of sp³-hybridized carbons (Fsp3) is 0.933. The number of carbonyl (C=O) groups excluding carboxylic acids is 1. The Morgan fingerprint density at radius 1 is 1.14 bits per heavy atom. The van der Waals surface area contributed by atoms with Crippen LogP contribution in [0.1, 0.15) is 12.8 Å². The number of rotatable bonds is 6. The zero-order valence-corrected chi connectivity index (χ0v) is 13.5. The summed E-state index contributed by atoms with van der Waals surface area (Å²) in [5.41, 5.74) is 0. The van der Waals surface area contributed by atoms with Gasteiger partial charge in [0, 0.05) is 59.4 Å². The van der Waals surface area contributed by atoms with Crippen LogP contribution in [0.25, 0.3) is 0 Å². The average Bonchev–Trinajstić information content (AvgIpc) is 2.50. The van der Waals surface area contributed by atoms with Crippen molar-refractivity contribution in [3.05, 3.63) is 0 Å². The van der Waals surface area contributed by atoms with E-state index in [1.54, 1.807) is 4.90 Å². The van der Waals surface area contributed by atoms with E-state index in [2.05, 4.69) is 15.1 Å². The summed E-state index contributed by atoms with van der Waals surface area (Å²) in [5, 5.41) is 3.66. The summed E-state index contributed by atoms with van der Waals surface area (Å²) in [6, 6.07) is 0.608. The van der Waals surface area contributed by atoms with Gasteiger partial charge in [0.25, 0.3) is 0 Å². The third kappa shape index (κ3) is 5.90. The molecular weight excluding hydrogens is 268 g/mol. The maximum atomic E-state index is 11.7. The molecule has 122 valence electrons. The highest BCUT2D eigenvalue weighted by Crippen LogP contribution is 2.10. The van der Waals surface area contributed by atoms with Gasteiger partial charge >= 0.3 is 0 Å². The summed E-state index contributed by atoms with van der Waals surface area (Å²) >= 11 is 0. The van der Waals surface area contributed by atoms with Gasteiger partial charge in [-0.25, -0.2) is 0 Å². The number of morpholine rings is 1. The second kappa shape index (κ2) is 8.68. The lowest BCUT2D eigenvalue weighted by Gasteiger charge is -2.33. The Hall–Kier alpha value is -0.690. The van der Waals surface area contributed by atoms with E-state index in [4.69, 9.17) is 4.74 Å². The molecule has 0 aromatic rings. The lowest BCUT2D eigenvalue weighted by Crippen LogP contribution is -2.47. The zero-order chi connectivity index (χ0) is 15.1. The van der Waals surface area contributed by atoms with Crippen molar-refractivity contribution in [3.63, 3.8) is 0 Å². The molecule has 21 heavy (non-hydrogen) atoms. The molecule has 0 aromatic carbocycles. The molecule has 6 heteroatoms.